The molecule has 0 saturated carbocycles. The molecular formula is C11H18FN. The van der Waals surface area contributed by atoms with Crippen molar-refractivity contribution in [3.63, 3.8) is 0 Å². The zero-order chi connectivity index (χ0) is 11.3. The Labute approximate surface area is 82.4 Å². The largest absolute Gasteiger partial charge is 0.288 e. The van der Waals surface area contributed by atoms with E-state index in [1.807, 2.05) is 30.9 Å². The Morgan fingerprint density at radius 1 is 1.77 bits per heavy atom. The molecule has 0 spiro atoms. The Balaban J connectivity index is 2.36. The number of hydrogen-bond acceptors (Lipinski definition) is 1. The summed E-state index contributed by atoms with van der Waals surface area (Å²) < 4.78 is 29.8. The number of nitrogens with zero attached hydrogens (tertiary/aromatic N) is 1. The molecule has 2 rings (SSSR count). The second kappa shape index (κ2) is 3.09. The fourth-order valence-electron chi connectivity index (χ4n) is 2.42. The molecule has 0 N–H and O–H groups in total. The summed E-state index contributed by atoms with van der Waals surface area (Å²) in [5.74, 6) is -0.104. The van der Waals surface area contributed by atoms with Crippen molar-refractivity contribution in [2.75, 3.05) is 13.1 Å². The van der Waals surface area contributed by atoms with E-state index in [0.29, 0.717) is 19.5 Å². The third kappa shape index (κ3) is 1.52. The Morgan fingerprint density at radius 3 is 3.23 bits per heavy atom. The van der Waals surface area contributed by atoms with Crippen molar-refractivity contribution in [3.05, 3.63) is 12.2 Å². The maximum absolute atomic E-state index is 13.4. The Morgan fingerprint density at radius 2 is 2.54 bits per heavy atom. The molecule has 2 heterocycles. The van der Waals surface area contributed by atoms with Crippen molar-refractivity contribution < 1.29 is 7.13 Å². The molecule has 0 amide bonds. The average Bonchev–Trinajstić information content (AvgIpc) is 2.60. The quantitative estimate of drug-likeness (QED) is 0.597. The Kier molecular flexibility index (Phi) is 1.66. The lowest BCUT2D eigenvalue weighted by molar-refractivity contribution is 0.192. The molecule has 0 bridgehead atoms. The van der Waals surface area contributed by atoms with Crippen LogP contribution in [0.5, 0.6) is 0 Å². The lowest BCUT2D eigenvalue weighted by atomic mass is 9.87. The van der Waals surface area contributed by atoms with Crippen LogP contribution in [0, 0.1) is 5.92 Å². The van der Waals surface area contributed by atoms with Crippen LogP contribution in [0.4, 0.5) is 4.39 Å². The van der Waals surface area contributed by atoms with Crippen LogP contribution in [0.1, 0.15) is 29.4 Å². The summed E-state index contributed by atoms with van der Waals surface area (Å²) in [5, 5.41) is 0. The normalized spacial score (nSPS) is 42.3. The van der Waals surface area contributed by atoms with Crippen molar-refractivity contribution in [2.45, 2.75) is 38.4 Å². The van der Waals surface area contributed by atoms with Gasteiger partial charge >= 0.3 is 0 Å². The highest BCUT2D eigenvalue weighted by Crippen LogP contribution is 2.40. The highest BCUT2D eigenvalue weighted by molar-refractivity contribution is 5.19. The van der Waals surface area contributed by atoms with E-state index in [9.17, 15) is 4.39 Å². The third-order valence-electron chi connectivity index (χ3n) is 2.77. The number of alkyl halides is 1. The summed E-state index contributed by atoms with van der Waals surface area (Å²) in [6, 6.07) is 0. The minimum atomic E-state index is -1.36. The predicted molar refractivity (Wildman–Crippen MR) is 52.4 cm³/mol. The van der Waals surface area contributed by atoms with Gasteiger partial charge in [0.25, 0.3) is 0 Å². The van der Waals surface area contributed by atoms with Crippen molar-refractivity contribution in [2.24, 2.45) is 5.92 Å². The SMILES string of the molecule is [2H]C([2H])(C(C)C)[C@@]12C=CCN1C[C@H](F)C2. The molecule has 2 heteroatoms. The monoisotopic (exact) mass is 185 g/mol. The Bertz CT molecular complexity index is 290. The van der Waals surface area contributed by atoms with Crippen LogP contribution >= 0.6 is 0 Å². The molecule has 0 aromatic carbocycles. The van der Waals surface area contributed by atoms with Gasteiger partial charge in [-0.2, -0.15) is 0 Å². The zero-order valence-electron chi connectivity index (χ0n) is 10.3. The number of fused-ring (bicyclic) bond motifs is 1. The van der Waals surface area contributed by atoms with Crippen LogP contribution in [0.15, 0.2) is 12.2 Å². The van der Waals surface area contributed by atoms with Crippen LogP contribution in [-0.2, 0) is 0 Å². The molecule has 0 aromatic heterocycles. The van der Waals surface area contributed by atoms with E-state index >= 15 is 0 Å². The minimum absolute atomic E-state index is 0.104. The molecule has 1 nitrogen and oxygen atoms in total. The van der Waals surface area contributed by atoms with Crippen LogP contribution < -0.4 is 0 Å². The summed E-state index contributed by atoms with van der Waals surface area (Å²) >= 11 is 0. The second-order valence-electron chi connectivity index (χ2n) is 4.33. The van der Waals surface area contributed by atoms with E-state index in [1.165, 1.54) is 0 Å². The topological polar surface area (TPSA) is 3.24 Å². The van der Waals surface area contributed by atoms with Crippen molar-refractivity contribution >= 4 is 0 Å². The van der Waals surface area contributed by atoms with Crippen LogP contribution in [0.3, 0.4) is 0 Å². The van der Waals surface area contributed by atoms with Gasteiger partial charge in [0.15, 0.2) is 0 Å². The van der Waals surface area contributed by atoms with Gasteiger partial charge in [0, 0.05) is 27.8 Å². The van der Waals surface area contributed by atoms with Gasteiger partial charge in [-0.15, -0.1) is 0 Å². The molecule has 1 saturated heterocycles. The number of hydrogen-bond donors (Lipinski definition) is 0. The summed E-state index contributed by atoms with van der Waals surface area (Å²) in [5.41, 5.74) is -0.694. The third-order valence-corrected chi connectivity index (χ3v) is 2.77. The van der Waals surface area contributed by atoms with E-state index in [2.05, 4.69) is 0 Å². The molecular weight excluding hydrogens is 165 g/mol. The Hall–Kier alpha value is -0.370. The van der Waals surface area contributed by atoms with E-state index in [4.69, 9.17) is 2.74 Å². The minimum Gasteiger partial charge on any atom is -0.288 e. The molecule has 2 aliphatic rings. The van der Waals surface area contributed by atoms with Gasteiger partial charge in [0.05, 0.1) is 0 Å². The summed E-state index contributed by atoms with van der Waals surface area (Å²) in [7, 11) is 0. The van der Waals surface area contributed by atoms with Gasteiger partial charge in [0.2, 0.25) is 0 Å². The first-order chi connectivity index (χ1) is 6.90. The van der Waals surface area contributed by atoms with Gasteiger partial charge in [0.1, 0.15) is 6.17 Å². The maximum atomic E-state index is 13.4. The summed E-state index contributed by atoms with van der Waals surface area (Å²) in [4.78, 5) is 1.94. The highest BCUT2D eigenvalue weighted by atomic mass is 19.1. The molecule has 0 aromatic rings. The molecule has 1 fully saturated rings. The molecule has 0 unspecified atom stereocenters. The van der Waals surface area contributed by atoms with Gasteiger partial charge in [-0.1, -0.05) is 26.0 Å². The lowest BCUT2D eigenvalue weighted by Crippen LogP contribution is -2.39. The van der Waals surface area contributed by atoms with E-state index in [0.717, 1.165) is 0 Å². The van der Waals surface area contributed by atoms with E-state index in [1.54, 1.807) is 0 Å². The van der Waals surface area contributed by atoms with Gasteiger partial charge < -0.3 is 0 Å². The van der Waals surface area contributed by atoms with Crippen LogP contribution in [0.2, 0.25) is 0 Å². The van der Waals surface area contributed by atoms with Gasteiger partial charge in [-0.25, -0.2) is 4.39 Å². The molecule has 74 valence electrons. The van der Waals surface area contributed by atoms with Crippen LogP contribution in [-0.4, -0.2) is 29.7 Å². The zero-order valence-corrected chi connectivity index (χ0v) is 8.26. The number of rotatable bonds is 2. The standard InChI is InChI=1S/C11H18FN/c1-9(2)6-11-4-3-5-13(11)8-10(12)7-11/h3-4,9-10H,5-8H2,1-2H3/t10-,11-/m1/s1/i6D2. The fraction of sp³-hybridized carbons (Fsp3) is 0.818. The molecule has 0 radical (unpaired) electrons. The summed E-state index contributed by atoms with van der Waals surface area (Å²) in [6.45, 7) is 4.79. The van der Waals surface area contributed by atoms with Gasteiger partial charge in [-0.05, 0) is 12.3 Å². The smallest absolute Gasteiger partial charge is 0.115 e. The molecule has 2 aliphatic heterocycles. The average molecular weight is 185 g/mol. The summed E-state index contributed by atoms with van der Waals surface area (Å²) in [6.07, 6.45) is 1.90. The predicted octanol–water partition coefficient (Wildman–Crippen LogP) is 2.38. The molecule has 13 heavy (non-hydrogen) atoms. The van der Waals surface area contributed by atoms with Gasteiger partial charge in [-0.3, -0.25) is 4.90 Å². The second-order valence-corrected chi connectivity index (χ2v) is 4.33. The first kappa shape index (κ1) is 6.99. The lowest BCUT2D eigenvalue weighted by Gasteiger charge is -2.32. The first-order valence-corrected chi connectivity index (χ1v) is 4.97. The molecule has 2 atom stereocenters. The van der Waals surface area contributed by atoms with Crippen molar-refractivity contribution in [1.29, 1.82) is 0 Å². The van der Waals surface area contributed by atoms with Crippen molar-refractivity contribution in [1.82, 2.24) is 4.90 Å². The van der Waals surface area contributed by atoms with E-state index < -0.39 is 18.1 Å². The molecule has 0 aliphatic carbocycles. The van der Waals surface area contributed by atoms with E-state index in [-0.39, 0.29) is 5.92 Å². The fourth-order valence-corrected chi connectivity index (χ4v) is 2.42. The van der Waals surface area contributed by atoms with Crippen molar-refractivity contribution in [3.8, 4) is 0 Å². The maximum Gasteiger partial charge on any atom is 0.115 e. The van der Waals surface area contributed by atoms with Crippen LogP contribution in [0.25, 0.3) is 0 Å². The first-order valence-electron chi connectivity index (χ1n) is 5.97. The highest BCUT2D eigenvalue weighted by Gasteiger charge is 2.45. The number of halogens is 1.